The molecule has 0 aromatic heterocycles. The lowest BCUT2D eigenvalue weighted by molar-refractivity contribution is -0.243. The zero-order chi connectivity index (χ0) is 16.1. The fraction of sp³-hybridized carbons (Fsp3) is 1.00. The van der Waals surface area contributed by atoms with E-state index in [-0.39, 0.29) is 23.8 Å². The maximum Gasteiger partial charge on any atom is 0.264 e. The highest BCUT2D eigenvalue weighted by molar-refractivity contribution is 7.85. The Bertz CT molecular complexity index is 481. The smallest absolute Gasteiger partial charge is 0.264 e. The highest BCUT2D eigenvalue weighted by Gasteiger charge is 2.55. The monoisotopic (exact) mass is 321 g/mol. The quantitative estimate of drug-likeness (QED) is 0.731. The van der Waals surface area contributed by atoms with Crippen LogP contribution in [-0.2, 0) is 23.8 Å². The van der Waals surface area contributed by atoms with Crippen molar-refractivity contribution >= 4 is 10.1 Å². The molecule has 0 N–H and O–H groups in total. The summed E-state index contributed by atoms with van der Waals surface area (Å²) in [5.74, 6) is -0.648. The molecule has 21 heavy (non-hydrogen) atoms. The summed E-state index contributed by atoms with van der Waals surface area (Å²) in [6.07, 6.45) is 2.19. The van der Waals surface area contributed by atoms with Gasteiger partial charge in [0.25, 0.3) is 10.1 Å². The molecular formula is C14H27NO5S. The van der Waals surface area contributed by atoms with Gasteiger partial charge in [0.05, 0.1) is 19.5 Å². The van der Waals surface area contributed by atoms with Gasteiger partial charge in [-0.25, -0.2) is 0 Å². The summed E-state index contributed by atoms with van der Waals surface area (Å²) >= 11 is 0. The van der Waals surface area contributed by atoms with Gasteiger partial charge in [-0.05, 0) is 34.7 Å². The Morgan fingerprint density at radius 1 is 1.19 bits per heavy atom. The molecule has 2 saturated heterocycles. The molecule has 2 fully saturated rings. The number of ether oxygens (including phenoxy) is 2. The van der Waals surface area contributed by atoms with E-state index < -0.39 is 15.9 Å². The fourth-order valence-corrected chi connectivity index (χ4v) is 3.92. The Labute approximate surface area is 127 Å². The lowest BCUT2D eigenvalue weighted by Crippen LogP contribution is -2.64. The lowest BCUT2D eigenvalue weighted by atomic mass is 9.76. The van der Waals surface area contributed by atoms with Gasteiger partial charge in [0.2, 0.25) is 0 Å². The number of likely N-dealkylation sites (tertiary alicyclic amines) is 1. The average Bonchev–Trinajstić information content (AvgIpc) is 2.64. The summed E-state index contributed by atoms with van der Waals surface area (Å²) in [5.41, 5.74) is -0.122. The van der Waals surface area contributed by atoms with Gasteiger partial charge in [0.15, 0.2) is 5.79 Å². The highest BCUT2D eigenvalue weighted by atomic mass is 32.2. The third-order valence-corrected chi connectivity index (χ3v) is 5.17. The highest BCUT2D eigenvalue weighted by Crippen LogP contribution is 2.47. The first kappa shape index (κ1) is 17.1. The van der Waals surface area contributed by atoms with Gasteiger partial charge >= 0.3 is 0 Å². The van der Waals surface area contributed by atoms with Crippen LogP contribution in [0.15, 0.2) is 0 Å². The minimum atomic E-state index is -3.45. The second kappa shape index (κ2) is 5.16. The topological polar surface area (TPSA) is 65.1 Å². The number of nitrogens with zero attached hydrogens (tertiary/aromatic N) is 1. The van der Waals surface area contributed by atoms with Gasteiger partial charge < -0.3 is 9.47 Å². The largest absolute Gasteiger partial charge is 0.347 e. The predicted octanol–water partition coefficient (Wildman–Crippen LogP) is 1.36. The van der Waals surface area contributed by atoms with Crippen molar-refractivity contribution in [2.24, 2.45) is 0 Å². The molecule has 2 aliphatic rings. The van der Waals surface area contributed by atoms with Crippen molar-refractivity contribution in [2.45, 2.75) is 63.5 Å². The molecule has 2 rings (SSSR count). The second-order valence-corrected chi connectivity index (χ2v) is 9.13. The molecule has 1 spiro atoms. The van der Waals surface area contributed by atoms with E-state index in [0.717, 1.165) is 19.1 Å². The van der Waals surface area contributed by atoms with E-state index in [9.17, 15) is 8.42 Å². The molecule has 124 valence electrons. The first-order valence-corrected chi connectivity index (χ1v) is 9.07. The van der Waals surface area contributed by atoms with Crippen LogP contribution in [0.5, 0.6) is 0 Å². The molecule has 0 bridgehead atoms. The molecule has 1 atom stereocenters. The van der Waals surface area contributed by atoms with Gasteiger partial charge in [-0.15, -0.1) is 0 Å². The molecule has 0 amide bonds. The zero-order valence-corrected chi connectivity index (χ0v) is 14.6. The summed E-state index contributed by atoms with van der Waals surface area (Å²) in [5, 5.41) is 0. The number of piperidine rings is 1. The van der Waals surface area contributed by atoms with Crippen molar-refractivity contribution in [1.82, 2.24) is 4.90 Å². The number of rotatable bonds is 3. The molecule has 1 unspecified atom stereocenters. The number of hydrogen-bond acceptors (Lipinski definition) is 6. The second-order valence-electron chi connectivity index (χ2n) is 7.49. The normalized spacial score (nSPS) is 31.6. The van der Waals surface area contributed by atoms with Crippen LogP contribution in [0.1, 0.15) is 40.5 Å². The minimum absolute atomic E-state index is 0.0112. The van der Waals surface area contributed by atoms with Crippen molar-refractivity contribution in [2.75, 3.05) is 26.5 Å². The van der Waals surface area contributed by atoms with Crippen LogP contribution in [-0.4, -0.2) is 62.8 Å². The Kier molecular flexibility index (Phi) is 4.22. The molecule has 6 nitrogen and oxygen atoms in total. The van der Waals surface area contributed by atoms with Gasteiger partial charge in [-0.3, -0.25) is 9.08 Å². The van der Waals surface area contributed by atoms with Gasteiger partial charge in [-0.2, -0.15) is 8.42 Å². The van der Waals surface area contributed by atoms with Crippen LogP contribution in [0, 0.1) is 0 Å². The third-order valence-electron chi connectivity index (χ3n) is 4.60. The summed E-state index contributed by atoms with van der Waals surface area (Å²) < 4.78 is 39.0. The van der Waals surface area contributed by atoms with Gasteiger partial charge in [-0.1, -0.05) is 0 Å². The molecule has 2 heterocycles. The summed E-state index contributed by atoms with van der Waals surface area (Å²) in [4.78, 5) is 2.35. The van der Waals surface area contributed by atoms with Gasteiger partial charge in [0.1, 0.15) is 6.10 Å². The van der Waals surface area contributed by atoms with Crippen LogP contribution < -0.4 is 0 Å². The van der Waals surface area contributed by atoms with Gasteiger partial charge in [0, 0.05) is 23.9 Å². The summed E-state index contributed by atoms with van der Waals surface area (Å²) in [6, 6.07) is 0. The van der Waals surface area contributed by atoms with Crippen LogP contribution >= 0.6 is 0 Å². The maximum atomic E-state index is 11.1. The average molecular weight is 321 g/mol. The van der Waals surface area contributed by atoms with E-state index >= 15 is 0 Å². The predicted molar refractivity (Wildman–Crippen MR) is 79.5 cm³/mol. The Morgan fingerprint density at radius 2 is 1.71 bits per heavy atom. The van der Waals surface area contributed by atoms with Crippen molar-refractivity contribution in [3.63, 3.8) is 0 Å². The van der Waals surface area contributed by atoms with Crippen LogP contribution in [0.4, 0.5) is 0 Å². The lowest BCUT2D eigenvalue weighted by Gasteiger charge is -2.56. The fourth-order valence-electron chi connectivity index (χ4n) is 3.52. The van der Waals surface area contributed by atoms with E-state index in [1.54, 1.807) is 0 Å². The first-order chi connectivity index (χ1) is 9.35. The summed E-state index contributed by atoms with van der Waals surface area (Å²) in [7, 11) is -1.34. The van der Waals surface area contributed by atoms with E-state index in [1.165, 1.54) is 0 Å². The standard InChI is InChI=1S/C14H27NO5S/c1-12(2)9-14(10-13(3,4)15(12)5)18-7-11(20-14)8-19-21(6,16)17/h11H,7-10H2,1-6H3. The van der Waals surface area contributed by atoms with Crippen LogP contribution in [0.2, 0.25) is 0 Å². The molecule has 0 radical (unpaired) electrons. The molecule has 0 saturated carbocycles. The SMILES string of the molecule is CN1C(C)(C)CC2(CC1(C)C)OCC(COS(C)(=O)=O)O2. The molecule has 0 aliphatic carbocycles. The van der Waals surface area contributed by atoms with E-state index in [4.69, 9.17) is 13.7 Å². The number of hydrogen-bond donors (Lipinski definition) is 0. The van der Waals surface area contributed by atoms with Crippen LogP contribution in [0.25, 0.3) is 0 Å². The summed E-state index contributed by atoms with van der Waals surface area (Å²) in [6.45, 7) is 9.06. The van der Waals surface area contributed by atoms with Crippen LogP contribution in [0.3, 0.4) is 0 Å². The molecule has 2 aliphatic heterocycles. The molecule has 0 aromatic rings. The molecule has 7 heteroatoms. The van der Waals surface area contributed by atoms with Crippen molar-refractivity contribution in [3.8, 4) is 0 Å². The first-order valence-electron chi connectivity index (χ1n) is 7.25. The van der Waals surface area contributed by atoms with Crippen molar-refractivity contribution < 1.29 is 22.1 Å². The molecular weight excluding hydrogens is 294 g/mol. The molecule has 0 aromatic carbocycles. The van der Waals surface area contributed by atoms with Crippen molar-refractivity contribution in [3.05, 3.63) is 0 Å². The van der Waals surface area contributed by atoms with E-state index in [1.807, 2.05) is 0 Å². The van der Waals surface area contributed by atoms with E-state index in [0.29, 0.717) is 6.61 Å². The van der Waals surface area contributed by atoms with Crippen molar-refractivity contribution in [1.29, 1.82) is 0 Å². The maximum absolute atomic E-state index is 11.1. The third kappa shape index (κ3) is 3.76. The minimum Gasteiger partial charge on any atom is -0.347 e. The Morgan fingerprint density at radius 3 is 2.19 bits per heavy atom. The van der Waals surface area contributed by atoms with E-state index in [2.05, 4.69) is 39.6 Å². The Balaban J connectivity index is 2.08. The Hall–Kier alpha value is -0.210. The zero-order valence-electron chi connectivity index (χ0n) is 13.8.